The van der Waals surface area contributed by atoms with Gasteiger partial charge in [-0.3, -0.25) is 9.69 Å². The van der Waals surface area contributed by atoms with Crippen molar-refractivity contribution in [1.82, 2.24) is 15.1 Å². The summed E-state index contributed by atoms with van der Waals surface area (Å²) in [6, 6.07) is 17.2. The van der Waals surface area contributed by atoms with Crippen molar-refractivity contribution >= 4 is 11.9 Å². The molecule has 6 nitrogen and oxygen atoms in total. The maximum Gasteiger partial charge on any atom is 0.312 e. The molecule has 0 aromatic heterocycles. The van der Waals surface area contributed by atoms with Crippen molar-refractivity contribution in [3.63, 3.8) is 0 Å². The molecule has 3 amide bonds. The molecule has 0 saturated carbocycles. The van der Waals surface area contributed by atoms with Gasteiger partial charge in [0.2, 0.25) is 0 Å². The number of carbonyl (C=O) groups is 2. The predicted octanol–water partition coefficient (Wildman–Crippen LogP) is 2.20. The van der Waals surface area contributed by atoms with E-state index in [9.17, 15) is 9.59 Å². The lowest BCUT2D eigenvalue weighted by molar-refractivity contribution is 0.0761. The van der Waals surface area contributed by atoms with Gasteiger partial charge in [-0.1, -0.05) is 42.5 Å². The summed E-state index contributed by atoms with van der Waals surface area (Å²) in [6.07, 6.45) is 0.971. The number of hydrogen-bond donors (Lipinski definition) is 2. The highest BCUT2D eigenvalue weighted by Gasteiger charge is 2.20. The number of amides is 3. The van der Waals surface area contributed by atoms with Gasteiger partial charge in [0, 0.05) is 44.8 Å². The van der Waals surface area contributed by atoms with Crippen LogP contribution in [0.2, 0.25) is 0 Å². The van der Waals surface area contributed by atoms with Gasteiger partial charge in [-0.2, -0.15) is 0 Å². The van der Waals surface area contributed by atoms with Crippen LogP contribution in [-0.2, 0) is 13.1 Å². The molecule has 3 N–H and O–H groups in total. The lowest BCUT2D eigenvalue weighted by atomic mass is 10.1. The Morgan fingerprint density at radius 1 is 0.889 bits per heavy atom. The maximum atomic E-state index is 12.8. The quantitative estimate of drug-likeness (QED) is 0.851. The normalized spacial score (nSPS) is 15.2. The number of nitrogens with two attached hydrogens (primary N) is 1. The molecule has 27 heavy (non-hydrogen) atoms. The zero-order valence-corrected chi connectivity index (χ0v) is 15.4. The Morgan fingerprint density at radius 2 is 1.63 bits per heavy atom. The second-order valence-electron chi connectivity index (χ2n) is 6.82. The summed E-state index contributed by atoms with van der Waals surface area (Å²) < 4.78 is 0. The second-order valence-corrected chi connectivity index (χ2v) is 6.82. The second kappa shape index (κ2) is 9.19. The fourth-order valence-electron chi connectivity index (χ4n) is 3.31. The monoisotopic (exact) mass is 366 g/mol. The largest absolute Gasteiger partial charge is 0.352 e. The summed E-state index contributed by atoms with van der Waals surface area (Å²) in [6.45, 7) is 4.66. The van der Waals surface area contributed by atoms with Crippen molar-refractivity contribution in [1.29, 1.82) is 0 Å². The van der Waals surface area contributed by atoms with Crippen molar-refractivity contribution in [3.05, 3.63) is 71.3 Å². The fourth-order valence-corrected chi connectivity index (χ4v) is 3.31. The molecule has 0 aliphatic carbocycles. The molecule has 2 aromatic rings. The fraction of sp³-hybridized carbons (Fsp3) is 0.333. The van der Waals surface area contributed by atoms with E-state index in [1.54, 1.807) is 0 Å². The van der Waals surface area contributed by atoms with Gasteiger partial charge in [-0.25, -0.2) is 4.79 Å². The van der Waals surface area contributed by atoms with Crippen LogP contribution in [0.1, 0.15) is 27.9 Å². The van der Waals surface area contributed by atoms with Crippen molar-refractivity contribution in [3.8, 4) is 0 Å². The number of primary amides is 1. The molecular formula is C21H26N4O2. The van der Waals surface area contributed by atoms with Crippen LogP contribution in [0.3, 0.4) is 0 Å². The Hall–Kier alpha value is -2.86. The zero-order chi connectivity index (χ0) is 19.1. The van der Waals surface area contributed by atoms with Gasteiger partial charge in [-0.05, 0) is 29.7 Å². The first kappa shape index (κ1) is 18.9. The molecule has 1 aliphatic rings. The van der Waals surface area contributed by atoms with Gasteiger partial charge in [0.05, 0.1) is 0 Å². The summed E-state index contributed by atoms with van der Waals surface area (Å²) >= 11 is 0. The number of benzene rings is 2. The van der Waals surface area contributed by atoms with Gasteiger partial charge in [0.1, 0.15) is 0 Å². The first-order valence-electron chi connectivity index (χ1n) is 9.29. The minimum Gasteiger partial charge on any atom is -0.352 e. The lowest BCUT2D eigenvalue weighted by Gasteiger charge is -2.22. The van der Waals surface area contributed by atoms with Gasteiger partial charge in [0.15, 0.2) is 0 Å². The van der Waals surface area contributed by atoms with Crippen LogP contribution in [0.4, 0.5) is 4.79 Å². The average molecular weight is 366 g/mol. The van der Waals surface area contributed by atoms with E-state index < -0.39 is 6.03 Å². The first-order chi connectivity index (χ1) is 13.1. The van der Waals surface area contributed by atoms with Crippen LogP contribution in [0.25, 0.3) is 0 Å². The molecule has 0 radical (unpaired) electrons. The van der Waals surface area contributed by atoms with Crippen molar-refractivity contribution in [2.45, 2.75) is 19.5 Å². The maximum absolute atomic E-state index is 12.8. The molecule has 0 atom stereocenters. The standard InChI is InChI=1S/C21H26N4O2/c22-21(27)23-15-17-7-9-19(10-8-17)20(26)25-12-4-11-24(13-14-25)16-18-5-2-1-3-6-18/h1-3,5-10H,4,11-16H2,(H3,22,23,27). The topological polar surface area (TPSA) is 78.7 Å². The number of carbonyl (C=O) groups excluding carboxylic acids is 2. The molecule has 3 rings (SSSR count). The number of hydrogen-bond acceptors (Lipinski definition) is 3. The van der Waals surface area contributed by atoms with Crippen LogP contribution in [0.5, 0.6) is 0 Å². The molecule has 0 unspecified atom stereocenters. The number of rotatable bonds is 5. The Labute approximate surface area is 159 Å². The van der Waals surface area contributed by atoms with Gasteiger partial charge in [0.25, 0.3) is 5.91 Å². The Balaban J connectivity index is 1.55. The summed E-state index contributed by atoms with van der Waals surface area (Å²) in [4.78, 5) is 27.9. The Bertz CT molecular complexity index is 762. The minimum absolute atomic E-state index is 0.0611. The third-order valence-corrected chi connectivity index (χ3v) is 4.79. The molecule has 1 fully saturated rings. The number of nitrogens with one attached hydrogen (secondary N) is 1. The molecule has 1 aliphatic heterocycles. The SMILES string of the molecule is NC(=O)NCc1ccc(C(=O)N2CCCN(Cc3ccccc3)CC2)cc1. The Kier molecular flexibility index (Phi) is 6.44. The van der Waals surface area contributed by atoms with Crippen LogP contribution in [-0.4, -0.2) is 47.9 Å². The van der Waals surface area contributed by atoms with E-state index in [-0.39, 0.29) is 5.91 Å². The van der Waals surface area contributed by atoms with Crippen molar-refractivity contribution in [2.24, 2.45) is 5.73 Å². The summed E-state index contributed by atoms with van der Waals surface area (Å²) in [5.74, 6) is 0.0611. The summed E-state index contributed by atoms with van der Waals surface area (Å²) in [7, 11) is 0. The van der Waals surface area contributed by atoms with Gasteiger partial charge in [-0.15, -0.1) is 0 Å². The van der Waals surface area contributed by atoms with E-state index in [0.29, 0.717) is 12.1 Å². The van der Waals surface area contributed by atoms with E-state index >= 15 is 0 Å². The third-order valence-electron chi connectivity index (χ3n) is 4.79. The number of urea groups is 1. The highest BCUT2D eigenvalue weighted by atomic mass is 16.2. The predicted molar refractivity (Wildman–Crippen MR) is 105 cm³/mol. The van der Waals surface area contributed by atoms with E-state index in [4.69, 9.17) is 5.73 Å². The highest BCUT2D eigenvalue weighted by molar-refractivity contribution is 5.94. The van der Waals surface area contributed by atoms with E-state index in [0.717, 1.165) is 44.7 Å². The average Bonchev–Trinajstić information content (AvgIpc) is 2.92. The van der Waals surface area contributed by atoms with Crippen LogP contribution in [0.15, 0.2) is 54.6 Å². The zero-order valence-electron chi connectivity index (χ0n) is 15.4. The highest BCUT2D eigenvalue weighted by Crippen LogP contribution is 2.13. The summed E-state index contributed by atoms with van der Waals surface area (Å²) in [5, 5.41) is 2.54. The summed E-state index contributed by atoms with van der Waals surface area (Å²) in [5.41, 5.74) is 7.97. The van der Waals surface area contributed by atoms with Crippen molar-refractivity contribution < 1.29 is 9.59 Å². The molecule has 2 aromatic carbocycles. The molecule has 0 bridgehead atoms. The smallest absolute Gasteiger partial charge is 0.312 e. The van der Waals surface area contributed by atoms with Crippen LogP contribution in [0, 0.1) is 0 Å². The third kappa shape index (κ3) is 5.56. The first-order valence-corrected chi connectivity index (χ1v) is 9.29. The van der Waals surface area contributed by atoms with E-state index in [2.05, 4.69) is 34.5 Å². The molecule has 142 valence electrons. The molecule has 0 spiro atoms. The van der Waals surface area contributed by atoms with E-state index in [1.807, 2.05) is 35.2 Å². The lowest BCUT2D eigenvalue weighted by Crippen LogP contribution is -2.35. The molecule has 1 saturated heterocycles. The minimum atomic E-state index is -0.556. The molecule has 6 heteroatoms. The van der Waals surface area contributed by atoms with E-state index in [1.165, 1.54) is 5.56 Å². The van der Waals surface area contributed by atoms with Gasteiger partial charge >= 0.3 is 6.03 Å². The molecule has 1 heterocycles. The number of nitrogens with zero attached hydrogens (tertiary/aromatic N) is 2. The van der Waals surface area contributed by atoms with Crippen LogP contribution < -0.4 is 11.1 Å². The molecular weight excluding hydrogens is 340 g/mol. The van der Waals surface area contributed by atoms with Crippen molar-refractivity contribution in [2.75, 3.05) is 26.2 Å². The van der Waals surface area contributed by atoms with Gasteiger partial charge < -0.3 is 16.0 Å². The van der Waals surface area contributed by atoms with Crippen LogP contribution >= 0.6 is 0 Å². The Morgan fingerprint density at radius 3 is 2.33 bits per heavy atom.